The highest BCUT2D eigenvalue weighted by molar-refractivity contribution is 5.97. The summed E-state index contributed by atoms with van der Waals surface area (Å²) in [4.78, 5) is 23.3. The first kappa shape index (κ1) is 16.5. The molecule has 4 N–H and O–H groups in total. The van der Waals surface area contributed by atoms with Gasteiger partial charge in [0.1, 0.15) is 6.04 Å². The van der Waals surface area contributed by atoms with Crippen LogP contribution in [0, 0.1) is 0 Å². The molecule has 2 aromatic carbocycles. The van der Waals surface area contributed by atoms with Crippen molar-refractivity contribution in [2.24, 2.45) is 5.73 Å². The zero-order chi connectivity index (χ0) is 16.8. The fourth-order valence-electron chi connectivity index (χ4n) is 2.24. The summed E-state index contributed by atoms with van der Waals surface area (Å²) in [5, 5.41) is 6.04. The summed E-state index contributed by atoms with van der Waals surface area (Å²) in [6.07, 6.45) is 0.895. The number of nitrogens with two attached hydrogens (primary N) is 1. The molecule has 23 heavy (non-hydrogen) atoms. The Bertz CT molecular complexity index is 696. The van der Waals surface area contributed by atoms with Gasteiger partial charge in [0.15, 0.2) is 0 Å². The van der Waals surface area contributed by atoms with Gasteiger partial charge in [0.25, 0.3) is 0 Å². The Balaban J connectivity index is 2.01. The Kier molecular flexibility index (Phi) is 5.36. The molecule has 2 amide bonds. The van der Waals surface area contributed by atoms with Gasteiger partial charge in [0.05, 0.1) is 0 Å². The minimum atomic E-state index is -0.492. The average Bonchev–Trinajstić information content (AvgIpc) is 2.55. The maximum absolute atomic E-state index is 12.3. The van der Waals surface area contributed by atoms with Crippen molar-refractivity contribution in [3.63, 3.8) is 0 Å². The zero-order valence-electron chi connectivity index (χ0n) is 13.3. The second-order valence-corrected chi connectivity index (χ2v) is 5.31. The van der Waals surface area contributed by atoms with Crippen molar-refractivity contribution in [1.29, 1.82) is 0 Å². The number of primary amides is 1. The number of carbonyl (C=O) groups is 2. The summed E-state index contributed by atoms with van der Waals surface area (Å²) in [7, 11) is 0. The Morgan fingerprint density at radius 3 is 2.35 bits per heavy atom. The molecule has 5 heteroatoms. The van der Waals surface area contributed by atoms with E-state index in [0.717, 1.165) is 17.7 Å². The maximum atomic E-state index is 12.3. The van der Waals surface area contributed by atoms with Crippen molar-refractivity contribution < 1.29 is 9.59 Å². The van der Waals surface area contributed by atoms with Gasteiger partial charge >= 0.3 is 0 Å². The third-order valence-corrected chi connectivity index (χ3v) is 3.60. The first-order valence-electron chi connectivity index (χ1n) is 7.56. The lowest BCUT2D eigenvalue weighted by Gasteiger charge is -2.17. The van der Waals surface area contributed by atoms with Gasteiger partial charge < -0.3 is 16.4 Å². The van der Waals surface area contributed by atoms with Crippen molar-refractivity contribution in [2.75, 3.05) is 10.6 Å². The van der Waals surface area contributed by atoms with Crippen LogP contribution in [0.3, 0.4) is 0 Å². The van der Waals surface area contributed by atoms with E-state index in [-0.39, 0.29) is 5.91 Å². The number of hydrogen-bond donors (Lipinski definition) is 3. The molecule has 0 fully saturated rings. The van der Waals surface area contributed by atoms with E-state index in [0.29, 0.717) is 11.3 Å². The molecule has 0 radical (unpaired) electrons. The van der Waals surface area contributed by atoms with Crippen LogP contribution in [0.1, 0.15) is 29.8 Å². The second-order valence-electron chi connectivity index (χ2n) is 5.31. The van der Waals surface area contributed by atoms with E-state index < -0.39 is 11.9 Å². The lowest BCUT2D eigenvalue weighted by Crippen LogP contribution is -2.32. The molecule has 0 saturated carbocycles. The quantitative estimate of drug-likeness (QED) is 0.767. The molecule has 0 aliphatic heterocycles. The van der Waals surface area contributed by atoms with Gasteiger partial charge in [-0.1, -0.05) is 25.1 Å². The third kappa shape index (κ3) is 4.32. The Morgan fingerprint density at radius 2 is 1.74 bits per heavy atom. The zero-order valence-corrected chi connectivity index (χ0v) is 13.3. The monoisotopic (exact) mass is 311 g/mol. The standard InChI is InChI=1S/C18H21N3O2/c1-3-13-6-4-5-7-16(13)20-12(2)18(23)21-15-10-8-14(9-11-15)17(19)22/h4-12,20H,3H2,1-2H3,(H2,19,22)(H,21,23)/t12-/m0/s1. The van der Waals surface area contributed by atoms with Crippen LogP contribution in [0.15, 0.2) is 48.5 Å². The number of para-hydroxylation sites is 1. The van der Waals surface area contributed by atoms with Crippen LogP contribution in [-0.2, 0) is 11.2 Å². The minimum Gasteiger partial charge on any atom is -0.374 e. The fraction of sp³-hybridized carbons (Fsp3) is 0.222. The van der Waals surface area contributed by atoms with Crippen LogP contribution in [-0.4, -0.2) is 17.9 Å². The summed E-state index contributed by atoms with van der Waals surface area (Å²) in [5.41, 5.74) is 8.35. The van der Waals surface area contributed by atoms with E-state index in [1.54, 1.807) is 31.2 Å². The number of amides is 2. The van der Waals surface area contributed by atoms with Crippen molar-refractivity contribution in [3.05, 3.63) is 59.7 Å². The van der Waals surface area contributed by atoms with Gasteiger partial charge in [-0.25, -0.2) is 0 Å². The normalized spacial score (nSPS) is 11.6. The molecule has 0 heterocycles. The summed E-state index contributed by atoms with van der Waals surface area (Å²) >= 11 is 0. The molecule has 1 atom stereocenters. The lowest BCUT2D eigenvalue weighted by atomic mass is 10.1. The summed E-state index contributed by atoms with van der Waals surface area (Å²) in [6.45, 7) is 3.88. The molecule has 0 aromatic heterocycles. The van der Waals surface area contributed by atoms with E-state index in [1.807, 2.05) is 24.3 Å². The fourth-order valence-corrected chi connectivity index (χ4v) is 2.24. The summed E-state index contributed by atoms with van der Waals surface area (Å²) in [6, 6.07) is 14.0. The van der Waals surface area contributed by atoms with Crippen LogP contribution in [0.4, 0.5) is 11.4 Å². The number of nitrogens with one attached hydrogen (secondary N) is 2. The Hall–Kier alpha value is -2.82. The minimum absolute atomic E-state index is 0.150. The second kappa shape index (κ2) is 7.45. The van der Waals surface area contributed by atoms with Crippen LogP contribution in [0.2, 0.25) is 0 Å². The molecule has 0 aliphatic carbocycles. The molecule has 2 rings (SSSR count). The van der Waals surface area contributed by atoms with Crippen LogP contribution >= 0.6 is 0 Å². The van der Waals surface area contributed by atoms with E-state index >= 15 is 0 Å². The highest BCUT2D eigenvalue weighted by Crippen LogP contribution is 2.17. The van der Waals surface area contributed by atoms with Gasteiger partial charge in [0, 0.05) is 16.9 Å². The van der Waals surface area contributed by atoms with Crippen LogP contribution < -0.4 is 16.4 Å². The number of benzene rings is 2. The first-order chi connectivity index (χ1) is 11.0. The average molecular weight is 311 g/mol. The predicted molar refractivity (Wildman–Crippen MR) is 92.5 cm³/mol. The van der Waals surface area contributed by atoms with Gasteiger partial charge in [-0.3, -0.25) is 9.59 Å². The van der Waals surface area contributed by atoms with Crippen LogP contribution in [0.25, 0.3) is 0 Å². The van der Waals surface area contributed by atoms with Crippen LogP contribution in [0.5, 0.6) is 0 Å². The van der Waals surface area contributed by atoms with E-state index in [4.69, 9.17) is 5.73 Å². The predicted octanol–water partition coefficient (Wildman–Crippen LogP) is 2.79. The number of hydrogen-bond acceptors (Lipinski definition) is 3. The molecular weight excluding hydrogens is 290 g/mol. The molecule has 0 bridgehead atoms. The van der Waals surface area contributed by atoms with Gasteiger partial charge in [-0.2, -0.15) is 0 Å². The number of anilines is 2. The lowest BCUT2D eigenvalue weighted by molar-refractivity contribution is -0.116. The highest BCUT2D eigenvalue weighted by Gasteiger charge is 2.14. The summed E-state index contributed by atoms with van der Waals surface area (Å²) < 4.78 is 0. The van der Waals surface area contributed by atoms with Gasteiger partial charge in [0.2, 0.25) is 11.8 Å². The largest absolute Gasteiger partial charge is 0.374 e. The first-order valence-corrected chi connectivity index (χ1v) is 7.56. The molecule has 5 nitrogen and oxygen atoms in total. The topological polar surface area (TPSA) is 84.2 Å². The van der Waals surface area contributed by atoms with Gasteiger partial charge in [-0.15, -0.1) is 0 Å². The van der Waals surface area contributed by atoms with Crippen molar-refractivity contribution >= 4 is 23.2 Å². The molecule has 0 spiro atoms. The van der Waals surface area contributed by atoms with Crippen molar-refractivity contribution in [1.82, 2.24) is 0 Å². The Labute approximate surface area is 135 Å². The molecule has 0 aliphatic rings. The highest BCUT2D eigenvalue weighted by atomic mass is 16.2. The molecule has 0 saturated heterocycles. The number of rotatable bonds is 6. The molecule has 120 valence electrons. The van der Waals surface area contributed by atoms with E-state index in [2.05, 4.69) is 17.6 Å². The molecule has 2 aromatic rings. The number of carbonyl (C=O) groups excluding carboxylic acids is 2. The van der Waals surface area contributed by atoms with E-state index in [1.165, 1.54) is 0 Å². The van der Waals surface area contributed by atoms with Gasteiger partial charge in [-0.05, 0) is 49.2 Å². The molecule has 0 unspecified atom stereocenters. The smallest absolute Gasteiger partial charge is 0.248 e. The molecular formula is C18H21N3O2. The van der Waals surface area contributed by atoms with E-state index in [9.17, 15) is 9.59 Å². The number of aryl methyl sites for hydroxylation is 1. The summed E-state index contributed by atoms with van der Waals surface area (Å²) in [5.74, 6) is -0.642. The SMILES string of the molecule is CCc1ccccc1N[C@@H](C)C(=O)Nc1ccc(C(N)=O)cc1. The third-order valence-electron chi connectivity index (χ3n) is 3.60. The van der Waals surface area contributed by atoms with Crippen molar-refractivity contribution in [2.45, 2.75) is 26.3 Å². The Morgan fingerprint density at radius 1 is 1.09 bits per heavy atom. The maximum Gasteiger partial charge on any atom is 0.248 e. The van der Waals surface area contributed by atoms with Crippen molar-refractivity contribution in [3.8, 4) is 0 Å².